The lowest BCUT2D eigenvalue weighted by Crippen LogP contribution is -2.45. The zero-order valence-electron chi connectivity index (χ0n) is 11.5. The van der Waals surface area contributed by atoms with Crippen LogP contribution in [0.3, 0.4) is 0 Å². The minimum atomic E-state index is -0.0473. The molecular formula is C15H19N3O2. The molecule has 5 nitrogen and oxygen atoms in total. The van der Waals surface area contributed by atoms with E-state index in [0.29, 0.717) is 5.69 Å². The number of nitrogens with one attached hydrogen (secondary N) is 3. The van der Waals surface area contributed by atoms with Gasteiger partial charge >= 0.3 is 0 Å². The van der Waals surface area contributed by atoms with E-state index in [1.807, 2.05) is 24.3 Å². The second kappa shape index (κ2) is 5.54. The fourth-order valence-corrected chi connectivity index (χ4v) is 2.59. The van der Waals surface area contributed by atoms with Gasteiger partial charge in [0.15, 0.2) is 0 Å². The van der Waals surface area contributed by atoms with Crippen molar-refractivity contribution in [1.29, 1.82) is 0 Å². The third kappa shape index (κ3) is 2.63. The van der Waals surface area contributed by atoms with E-state index in [2.05, 4.69) is 15.6 Å². The van der Waals surface area contributed by atoms with Crippen molar-refractivity contribution in [3.8, 4) is 5.75 Å². The number of hydrogen-bond acceptors (Lipinski definition) is 3. The molecule has 1 aromatic heterocycles. The summed E-state index contributed by atoms with van der Waals surface area (Å²) < 4.78 is 5.18. The average Bonchev–Trinajstić information content (AvgIpc) is 2.91. The van der Waals surface area contributed by atoms with Gasteiger partial charge in [-0.25, -0.2) is 0 Å². The number of piperidine rings is 1. The molecule has 0 saturated carbocycles. The topological polar surface area (TPSA) is 66.2 Å². The summed E-state index contributed by atoms with van der Waals surface area (Å²) in [6, 6.07) is 7.83. The Kier molecular flexibility index (Phi) is 3.60. The van der Waals surface area contributed by atoms with Gasteiger partial charge in [0.05, 0.1) is 7.11 Å². The Bertz CT molecular complexity index is 615. The standard InChI is InChI=1S/C15H19N3O2/c1-20-12-5-4-10-7-14(18-13(10)8-12)15(19)17-11-3-2-6-16-9-11/h4-5,7-8,11,16,18H,2-3,6,9H2,1H3,(H,17,19)/t11-/m1/s1. The molecule has 5 heteroatoms. The Morgan fingerprint density at radius 2 is 2.30 bits per heavy atom. The summed E-state index contributed by atoms with van der Waals surface area (Å²) >= 11 is 0. The summed E-state index contributed by atoms with van der Waals surface area (Å²) in [5.41, 5.74) is 1.51. The van der Waals surface area contributed by atoms with Crippen LogP contribution < -0.4 is 15.4 Å². The van der Waals surface area contributed by atoms with Crippen LogP contribution in [0.4, 0.5) is 0 Å². The molecular weight excluding hydrogens is 254 g/mol. The lowest BCUT2D eigenvalue weighted by molar-refractivity contribution is 0.0926. The van der Waals surface area contributed by atoms with Gasteiger partial charge in [0.2, 0.25) is 0 Å². The number of hydrogen-bond donors (Lipinski definition) is 3. The maximum atomic E-state index is 12.2. The van der Waals surface area contributed by atoms with Gasteiger partial charge in [0, 0.05) is 29.6 Å². The number of carbonyl (C=O) groups excluding carboxylic acids is 1. The van der Waals surface area contributed by atoms with Crippen molar-refractivity contribution in [2.45, 2.75) is 18.9 Å². The van der Waals surface area contributed by atoms with Crippen LogP contribution in [-0.2, 0) is 0 Å². The zero-order valence-corrected chi connectivity index (χ0v) is 11.5. The van der Waals surface area contributed by atoms with Gasteiger partial charge in [-0.1, -0.05) is 0 Å². The first-order valence-corrected chi connectivity index (χ1v) is 6.94. The largest absolute Gasteiger partial charge is 0.497 e. The van der Waals surface area contributed by atoms with Gasteiger partial charge in [-0.2, -0.15) is 0 Å². The fourth-order valence-electron chi connectivity index (χ4n) is 2.59. The summed E-state index contributed by atoms with van der Waals surface area (Å²) in [6.45, 7) is 1.89. The van der Waals surface area contributed by atoms with Crippen molar-refractivity contribution in [3.05, 3.63) is 30.0 Å². The highest BCUT2D eigenvalue weighted by atomic mass is 16.5. The molecule has 106 valence electrons. The van der Waals surface area contributed by atoms with Crippen LogP contribution in [0.1, 0.15) is 23.3 Å². The quantitative estimate of drug-likeness (QED) is 0.797. The van der Waals surface area contributed by atoms with E-state index in [1.54, 1.807) is 7.11 Å². The van der Waals surface area contributed by atoms with Crippen molar-refractivity contribution in [2.75, 3.05) is 20.2 Å². The highest BCUT2D eigenvalue weighted by molar-refractivity contribution is 5.98. The fraction of sp³-hybridized carbons (Fsp3) is 0.400. The van der Waals surface area contributed by atoms with E-state index < -0.39 is 0 Å². The molecule has 1 fully saturated rings. The number of aromatic amines is 1. The molecule has 1 amide bonds. The Balaban J connectivity index is 1.77. The Morgan fingerprint density at radius 1 is 1.40 bits per heavy atom. The highest BCUT2D eigenvalue weighted by Gasteiger charge is 2.17. The van der Waals surface area contributed by atoms with Crippen molar-refractivity contribution >= 4 is 16.8 Å². The monoisotopic (exact) mass is 273 g/mol. The molecule has 1 aromatic carbocycles. The third-order valence-electron chi connectivity index (χ3n) is 3.71. The van der Waals surface area contributed by atoms with Crippen molar-refractivity contribution < 1.29 is 9.53 Å². The average molecular weight is 273 g/mol. The highest BCUT2D eigenvalue weighted by Crippen LogP contribution is 2.21. The Morgan fingerprint density at radius 3 is 3.05 bits per heavy atom. The van der Waals surface area contributed by atoms with Crippen LogP contribution in [0.2, 0.25) is 0 Å². The number of benzene rings is 1. The van der Waals surface area contributed by atoms with Crippen molar-refractivity contribution in [3.63, 3.8) is 0 Å². The SMILES string of the molecule is COc1ccc2cc(C(=O)N[C@@H]3CCCNC3)[nH]c2c1. The minimum Gasteiger partial charge on any atom is -0.497 e. The maximum Gasteiger partial charge on any atom is 0.267 e. The summed E-state index contributed by atoms with van der Waals surface area (Å²) in [4.78, 5) is 15.4. The molecule has 0 unspecified atom stereocenters. The van der Waals surface area contributed by atoms with Crippen molar-refractivity contribution in [2.24, 2.45) is 0 Å². The molecule has 1 aliphatic rings. The summed E-state index contributed by atoms with van der Waals surface area (Å²) in [7, 11) is 1.63. The summed E-state index contributed by atoms with van der Waals surface area (Å²) in [5, 5.41) is 7.36. The van der Waals surface area contributed by atoms with E-state index >= 15 is 0 Å². The van der Waals surface area contributed by atoms with Crippen LogP contribution in [0, 0.1) is 0 Å². The molecule has 1 saturated heterocycles. The van der Waals surface area contributed by atoms with E-state index in [4.69, 9.17) is 4.74 Å². The number of aromatic nitrogens is 1. The Hall–Kier alpha value is -2.01. The molecule has 1 aliphatic heterocycles. The number of amides is 1. The summed E-state index contributed by atoms with van der Waals surface area (Å²) in [5.74, 6) is 0.733. The molecule has 3 N–H and O–H groups in total. The van der Waals surface area contributed by atoms with Crippen LogP contribution in [-0.4, -0.2) is 37.1 Å². The first-order chi connectivity index (χ1) is 9.76. The molecule has 1 atom stereocenters. The number of rotatable bonds is 3. The van der Waals surface area contributed by atoms with Gasteiger partial charge < -0.3 is 20.4 Å². The smallest absolute Gasteiger partial charge is 0.267 e. The molecule has 2 heterocycles. The van der Waals surface area contributed by atoms with Gasteiger partial charge in [0.25, 0.3) is 5.91 Å². The molecule has 0 bridgehead atoms. The van der Waals surface area contributed by atoms with Crippen LogP contribution in [0.15, 0.2) is 24.3 Å². The number of carbonyl (C=O) groups is 1. The lowest BCUT2D eigenvalue weighted by Gasteiger charge is -2.23. The first-order valence-electron chi connectivity index (χ1n) is 6.94. The van der Waals surface area contributed by atoms with E-state index in [9.17, 15) is 4.79 Å². The molecule has 2 aromatic rings. The van der Waals surface area contributed by atoms with Gasteiger partial charge in [-0.15, -0.1) is 0 Å². The predicted molar refractivity (Wildman–Crippen MR) is 78.2 cm³/mol. The normalized spacial score (nSPS) is 18.9. The third-order valence-corrected chi connectivity index (χ3v) is 3.71. The number of methoxy groups -OCH3 is 1. The number of ether oxygens (including phenoxy) is 1. The van der Waals surface area contributed by atoms with Crippen LogP contribution >= 0.6 is 0 Å². The number of H-pyrrole nitrogens is 1. The minimum absolute atomic E-state index is 0.0473. The van der Waals surface area contributed by atoms with E-state index in [1.165, 1.54) is 0 Å². The van der Waals surface area contributed by atoms with Gasteiger partial charge in [0.1, 0.15) is 11.4 Å². The second-order valence-electron chi connectivity index (χ2n) is 5.15. The predicted octanol–water partition coefficient (Wildman–Crippen LogP) is 1.66. The van der Waals surface area contributed by atoms with Gasteiger partial charge in [-0.05, 0) is 37.6 Å². The molecule has 0 aliphatic carbocycles. The van der Waals surface area contributed by atoms with E-state index in [0.717, 1.165) is 42.6 Å². The van der Waals surface area contributed by atoms with Crippen LogP contribution in [0.25, 0.3) is 10.9 Å². The molecule has 0 radical (unpaired) electrons. The first kappa shape index (κ1) is 13.0. The second-order valence-corrected chi connectivity index (χ2v) is 5.15. The van der Waals surface area contributed by atoms with Crippen LogP contribution in [0.5, 0.6) is 5.75 Å². The lowest BCUT2D eigenvalue weighted by atomic mass is 10.1. The molecule has 20 heavy (non-hydrogen) atoms. The van der Waals surface area contributed by atoms with E-state index in [-0.39, 0.29) is 11.9 Å². The zero-order chi connectivity index (χ0) is 13.9. The number of fused-ring (bicyclic) bond motifs is 1. The molecule has 0 spiro atoms. The Labute approximate surface area is 117 Å². The maximum absolute atomic E-state index is 12.2. The molecule has 3 rings (SSSR count). The van der Waals surface area contributed by atoms with Gasteiger partial charge in [-0.3, -0.25) is 4.79 Å². The van der Waals surface area contributed by atoms with Crippen molar-refractivity contribution in [1.82, 2.24) is 15.6 Å². The summed E-state index contributed by atoms with van der Waals surface area (Å²) in [6.07, 6.45) is 2.14.